The molecule has 0 spiro atoms. The van der Waals surface area contributed by atoms with E-state index in [9.17, 15) is 14.4 Å². The van der Waals surface area contributed by atoms with Crippen molar-refractivity contribution in [1.29, 1.82) is 0 Å². The predicted molar refractivity (Wildman–Crippen MR) is 92.4 cm³/mol. The lowest BCUT2D eigenvalue weighted by Gasteiger charge is -2.23. The number of esters is 2. The molecule has 0 aromatic heterocycles. The van der Waals surface area contributed by atoms with Crippen LogP contribution in [-0.2, 0) is 14.3 Å². The van der Waals surface area contributed by atoms with Crippen molar-refractivity contribution in [1.82, 2.24) is 0 Å². The Labute approximate surface area is 142 Å². The van der Waals surface area contributed by atoms with Crippen molar-refractivity contribution in [2.45, 2.75) is 39.5 Å². The molecule has 0 amide bonds. The molecule has 1 aromatic carbocycles. The number of anilines is 1. The summed E-state index contributed by atoms with van der Waals surface area (Å²) in [6.07, 6.45) is 4.18. The maximum Gasteiger partial charge on any atom is 0.422 e. The van der Waals surface area contributed by atoms with Crippen molar-refractivity contribution >= 4 is 17.6 Å². The monoisotopic (exact) mass is 335 g/mol. The maximum atomic E-state index is 12.0. The molecule has 0 aliphatic heterocycles. The van der Waals surface area contributed by atoms with Gasteiger partial charge in [-0.05, 0) is 25.0 Å². The number of hydrogen-bond donors (Lipinski definition) is 0. The minimum atomic E-state index is -1.15. The first kappa shape index (κ1) is 19.7. The van der Waals surface area contributed by atoms with Crippen LogP contribution < -0.4 is 15.1 Å². The third-order valence-corrected chi connectivity index (χ3v) is 3.48. The van der Waals surface area contributed by atoms with E-state index in [4.69, 9.17) is 4.74 Å². The first-order chi connectivity index (χ1) is 11.5. The highest BCUT2D eigenvalue weighted by atomic mass is 16.6. The van der Waals surface area contributed by atoms with E-state index >= 15 is 0 Å². The maximum absolute atomic E-state index is 12.0. The molecule has 0 bridgehead atoms. The molecule has 6 heteroatoms. The summed E-state index contributed by atoms with van der Waals surface area (Å²) in [6, 6.07) is 5.94. The summed E-state index contributed by atoms with van der Waals surface area (Å²) in [5.74, 6) is -2.24. The zero-order valence-electron chi connectivity index (χ0n) is 14.5. The highest BCUT2D eigenvalue weighted by Gasteiger charge is 2.16. The Morgan fingerprint density at radius 3 is 2.17 bits per heavy atom. The van der Waals surface area contributed by atoms with Gasteiger partial charge in [0.25, 0.3) is 0 Å². The molecule has 0 N–H and O–H groups in total. The largest absolute Gasteiger partial charge is 0.461 e. The van der Waals surface area contributed by atoms with Crippen LogP contribution in [0.4, 0.5) is 5.69 Å². The van der Waals surface area contributed by atoms with Crippen LogP contribution >= 0.6 is 0 Å². The predicted octanol–water partition coefficient (Wildman–Crippen LogP) is 2.53. The molecule has 0 atom stereocenters. The van der Waals surface area contributed by atoms with Crippen molar-refractivity contribution in [3.05, 3.63) is 34.5 Å². The van der Waals surface area contributed by atoms with E-state index in [2.05, 4.69) is 23.5 Å². The Morgan fingerprint density at radius 1 is 1.00 bits per heavy atom. The molecule has 0 saturated carbocycles. The SMILES string of the molecule is CCCCN(CCCC)c1ccc(OC(=O)C(=O)OC)cc(=O)c1. The zero-order chi connectivity index (χ0) is 17.9. The number of nitrogens with zero attached hydrogens (tertiary/aromatic N) is 1. The summed E-state index contributed by atoms with van der Waals surface area (Å²) in [4.78, 5) is 36.8. The summed E-state index contributed by atoms with van der Waals surface area (Å²) < 4.78 is 9.16. The van der Waals surface area contributed by atoms with E-state index in [1.54, 1.807) is 6.07 Å². The van der Waals surface area contributed by atoms with Crippen molar-refractivity contribution in [3.63, 3.8) is 0 Å². The lowest BCUT2D eigenvalue weighted by Crippen LogP contribution is -2.25. The van der Waals surface area contributed by atoms with Gasteiger partial charge in [-0.3, -0.25) is 4.79 Å². The van der Waals surface area contributed by atoms with Crippen molar-refractivity contribution < 1.29 is 19.1 Å². The van der Waals surface area contributed by atoms with Crippen LogP contribution in [0.5, 0.6) is 5.75 Å². The van der Waals surface area contributed by atoms with Gasteiger partial charge in [0.15, 0.2) is 5.43 Å². The van der Waals surface area contributed by atoms with E-state index in [0.717, 1.165) is 51.6 Å². The van der Waals surface area contributed by atoms with Crippen LogP contribution in [0.15, 0.2) is 29.1 Å². The van der Waals surface area contributed by atoms with Gasteiger partial charge in [-0.25, -0.2) is 9.59 Å². The standard InChI is InChI=1S/C18H25NO5/c1-4-6-10-19(11-7-5-2)14-8-9-16(13-15(20)12-14)24-18(22)17(21)23-3/h8-9,12-13H,4-7,10-11H2,1-3H3. The second kappa shape index (κ2) is 10.4. The van der Waals surface area contributed by atoms with Crippen LogP contribution in [0.2, 0.25) is 0 Å². The molecule has 132 valence electrons. The van der Waals surface area contributed by atoms with Gasteiger partial charge >= 0.3 is 11.9 Å². The fourth-order valence-corrected chi connectivity index (χ4v) is 2.15. The molecule has 24 heavy (non-hydrogen) atoms. The second-order valence-corrected chi connectivity index (χ2v) is 5.43. The normalized spacial score (nSPS) is 10.1. The van der Waals surface area contributed by atoms with E-state index in [-0.39, 0.29) is 11.2 Å². The van der Waals surface area contributed by atoms with Crippen LogP contribution in [0, 0.1) is 0 Å². The fraction of sp³-hybridized carbons (Fsp3) is 0.500. The third kappa shape index (κ3) is 6.40. The lowest BCUT2D eigenvalue weighted by molar-refractivity contribution is -0.160. The second-order valence-electron chi connectivity index (χ2n) is 5.43. The molecule has 1 rings (SSSR count). The molecule has 6 nitrogen and oxygen atoms in total. The number of carbonyl (C=O) groups excluding carboxylic acids is 2. The summed E-state index contributed by atoms with van der Waals surface area (Å²) in [6.45, 7) is 5.95. The number of methoxy groups -OCH3 is 1. The molecular weight excluding hydrogens is 310 g/mol. The molecule has 0 aliphatic rings. The van der Waals surface area contributed by atoms with Crippen molar-refractivity contribution in [2.75, 3.05) is 25.1 Å². The van der Waals surface area contributed by atoms with Gasteiger partial charge in [0.05, 0.1) is 7.11 Å². The fourth-order valence-electron chi connectivity index (χ4n) is 2.15. The minimum absolute atomic E-state index is 0.0209. The molecule has 0 unspecified atom stereocenters. The minimum Gasteiger partial charge on any atom is -0.461 e. The van der Waals surface area contributed by atoms with Crippen LogP contribution in [0.1, 0.15) is 39.5 Å². The highest BCUT2D eigenvalue weighted by Crippen LogP contribution is 2.16. The molecule has 0 saturated heterocycles. The molecule has 0 radical (unpaired) electrons. The number of hydrogen-bond acceptors (Lipinski definition) is 6. The Bertz CT molecular complexity index is 607. The third-order valence-electron chi connectivity index (χ3n) is 3.48. The number of rotatable bonds is 8. The Kier molecular flexibility index (Phi) is 8.54. The average molecular weight is 335 g/mol. The van der Waals surface area contributed by atoms with Crippen LogP contribution in [0.3, 0.4) is 0 Å². The number of unbranched alkanes of at least 4 members (excludes halogenated alkanes) is 2. The Balaban J connectivity index is 3.02. The quantitative estimate of drug-likeness (QED) is 0.537. The van der Waals surface area contributed by atoms with E-state index in [0.29, 0.717) is 0 Å². The van der Waals surface area contributed by atoms with Crippen molar-refractivity contribution in [3.8, 4) is 5.75 Å². The molecule has 0 heterocycles. The van der Waals surface area contributed by atoms with Gasteiger partial charge in [-0.15, -0.1) is 0 Å². The van der Waals surface area contributed by atoms with Gasteiger partial charge in [-0.2, -0.15) is 0 Å². The van der Waals surface area contributed by atoms with Crippen molar-refractivity contribution in [2.24, 2.45) is 0 Å². The Morgan fingerprint density at radius 2 is 1.62 bits per heavy atom. The van der Waals surface area contributed by atoms with Gasteiger partial charge in [0, 0.05) is 30.9 Å². The van der Waals surface area contributed by atoms with Gasteiger partial charge in [-0.1, -0.05) is 26.7 Å². The van der Waals surface area contributed by atoms with E-state index < -0.39 is 11.9 Å². The van der Waals surface area contributed by atoms with Crippen LogP contribution in [0.25, 0.3) is 0 Å². The summed E-state index contributed by atoms with van der Waals surface area (Å²) in [5, 5.41) is 0. The lowest BCUT2D eigenvalue weighted by atomic mass is 10.2. The molecule has 1 aromatic rings. The molecule has 0 aliphatic carbocycles. The summed E-state index contributed by atoms with van der Waals surface area (Å²) in [7, 11) is 1.09. The van der Waals surface area contributed by atoms with Gasteiger partial charge < -0.3 is 14.4 Å². The highest BCUT2D eigenvalue weighted by molar-refractivity contribution is 6.30. The van der Waals surface area contributed by atoms with Gasteiger partial charge in [0.1, 0.15) is 5.75 Å². The van der Waals surface area contributed by atoms with Gasteiger partial charge in [0.2, 0.25) is 0 Å². The summed E-state index contributed by atoms with van der Waals surface area (Å²) in [5.41, 5.74) is 0.489. The Hall–Kier alpha value is -2.37. The molecular formula is C18H25NO5. The van der Waals surface area contributed by atoms with E-state index in [1.165, 1.54) is 18.2 Å². The number of carbonyl (C=O) groups is 2. The van der Waals surface area contributed by atoms with E-state index in [1.807, 2.05) is 0 Å². The summed E-state index contributed by atoms with van der Waals surface area (Å²) >= 11 is 0. The average Bonchev–Trinajstić information content (AvgIpc) is 2.75. The molecule has 0 fully saturated rings. The zero-order valence-corrected chi connectivity index (χ0v) is 14.5. The first-order valence-corrected chi connectivity index (χ1v) is 8.22. The van der Waals surface area contributed by atoms with Crippen LogP contribution in [-0.4, -0.2) is 32.1 Å². The smallest absolute Gasteiger partial charge is 0.422 e. The first-order valence-electron chi connectivity index (χ1n) is 8.22. The number of ether oxygens (including phenoxy) is 2. The topological polar surface area (TPSA) is 72.9 Å².